The third-order valence-electron chi connectivity index (χ3n) is 4.43. The zero-order valence-electron chi connectivity index (χ0n) is 17.0. The van der Waals surface area contributed by atoms with Crippen LogP contribution in [0.2, 0.25) is 0 Å². The van der Waals surface area contributed by atoms with Crippen LogP contribution in [0.5, 0.6) is 5.75 Å². The Morgan fingerprint density at radius 1 is 0.960 bits per heavy atom. The van der Waals surface area contributed by atoms with Gasteiger partial charge in [-0.2, -0.15) is 0 Å². The Hall–Kier alpha value is -1.75. The van der Waals surface area contributed by atoms with Crippen molar-refractivity contribution in [3.05, 3.63) is 28.8 Å². The Labute approximate surface area is 154 Å². The highest BCUT2D eigenvalue weighted by molar-refractivity contribution is 5.96. The topological polar surface area (TPSA) is 37.3 Å². The van der Waals surface area contributed by atoms with Gasteiger partial charge in [0.2, 0.25) is 0 Å². The van der Waals surface area contributed by atoms with Gasteiger partial charge in [0.05, 0.1) is 0 Å². The van der Waals surface area contributed by atoms with Gasteiger partial charge in [-0.15, -0.1) is 11.8 Å². The van der Waals surface area contributed by atoms with Gasteiger partial charge >= 0.3 is 0 Å². The highest BCUT2D eigenvalue weighted by Gasteiger charge is 2.27. The molecule has 1 rings (SSSR count). The van der Waals surface area contributed by atoms with Gasteiger partial charge in [-0.25, -0.2) is 0 Å². The second kappa shape index (κ2) is 8.56. The number of carbonyl (C=O) groups excluding carboxylic acids is 1. The van der Waals surface area contributed by atoms with Crippen molar-refractivity contribution in [2.75, 3.05) is 0 Å². The molecule has 2 nitrogen and oxygen atoms in total. The highest BCUT2D eigenvalue weighted by atomic mass is 16.3. The standard InChI is InChI=1S/C23H34O2/c1-8-9-10-11-12-13-14-20(24)17-15-18(22(2,3)4)21(25)19(16-17)23(5,6)7/h15-16,25H,10-14H2,1-7H3. The molecule has 0 aliphatic carbocycles. The van der Waals surface area contributed by atoms with Crippen LogP contribution in [0, 0.1) is 11.8 Å². The molecule has 0 saturated carbocycles. The second-order valence-electron chi connectivity index (χ2n) is 8.83. The van der Waals surface area contributed by atoms with Crippen LogP contribution in [0.4, 0.5) is 0 Å². The number of hydrogen-bond acceptors (Lipinski definition) is 2. The maximum absolute atomic E-state index is 12.7. The van der Waals surface area contributed by atoms with Crippen LogP contribution in [0.25, 0.3) is 0 Å². The molecule has 138 valence electrons. The fourth-order valence-electron chi connectivity index (χ4n) is 2.88. The van der Waals surface area contributed by atoms with Crippen LogP contribution in [0.1, 0.15) is 102 Å². The van der Waals surface area contributed by atoms with E-state index in [4.69, 9.17) is 0 Å². The third-order valence-corrected chi connectivity index (χ3v) is 4.43. The first-order chi connectivity index (χ1) is 11.5. The summed E-state index contributed by atoms with van der Waals surface area (Å²) in [5.41, 5.74) is 2.00. The average Bonchev–Trinajstić information content (AvgIpc) is 2.48. The van der Waals surface area contributed by atoms with Crippen LogP contribution in [-0.2, 0) is 10.8 Å². The summed E-state index contributed by atoms with van der Waals surface area (Å²) in [6.45, 7) is 14.3. The largest absolute Gasteiger partial charge is 0.507 e. The summed E-state index contributed by atoms with van der Waals surface area (Å²) < 4.78 is 0. The van der Waals surface area contributed by atoms with E-state index in [2.05, 4.69) is 53.4 Å². The third kappa shape index (κ3) is 6.24. The molecule has 0 unspecified atom stereocenters. The summed E-state index contributed by atoms with van der Waals surface area (Å²) in [4.78, 5) is 12.7. The smallest absolute Gasteiger partial charge is 0.162 e. The Balaban J connectivity index is 3.02. The molecule has 2 heteroatoms. The normalized spacial score (nSPS) is 11.8. The molecule has 0 aliphatic rings. The Morgan fingerprint density at radius 3 is 1.92 bits per heavy atom. The predicted octanol–water partition coefficient (Wildman–Crippen LogP) is 6.14. The van der Waals surface area contributed by atoms with E-state index in [9.17, 15) is 9.90 Å². The minimum absolute atomic E-state index is 0.164. The van der Waals surface area contributed by atoms with Gasteiger partial charge in [-0.1, -0.05) is 48.0 Å². The van der Waals surface area contributed by atoms with E-state index in [1.165, 1.54) is 0 Å². The maximum atomic E-state index is 12.7. The molecular weight excluding hydrogens is 308 g/mol. The molecular formula is C23H34O2. The molecule has 0 atom stereocenters. The summed E-state index contributed by atoms with van der Waals surface area (Å²) in [5.74, 6) is 6.45. The number of phenols is 1. The summed E-state index contributed by atoms with van der Waals surface area (Å²) in [6, 6.07) is 3.77. The first kappa shape index (κ1) is 21.3. The molecule has 1 aromatic carbocycles. The molecule has 0 fully saturated rings. The number of phenolic OH excluding ortho intramolecular Hbond substituents is 1. The van der Waals surface area contributed by atoms with Crippen molar-refractivity contribution in [1.29, 1.82) is 0 Å². The molecule has 0 saturated heterocycles. The van der Waals surface area contributed by atoms with Crippen molar-refractivity contribution in [1.82, 2.24) is 0 Å². The quantitative estimate of drug-likeness (QED) is 0.383. The Morgan fingerprint density at radius 2 is 1.48 bits per heavy atom. The van der Waals surface area contributed by atoms with Crippen molar-refractivity contribution in [3.63, 3.8) is 0 Å². The van der Waals surface area contributed by atoms with Gasteiger partial charge in [-0.05, 0) is 42.7 Å². The molecule has 0 aromatic heterocycles. The fraction of sp³-hybridized carbons (Fsp3) is 0.609. The van der Waals surface area contributed by atoms with E-state index in [1.54, 1.807) is 0 Å². The van der Waals surface area contributed by atoms with Gasteiger partial charge < -0.3 is 5.11 Å². The van der Waals surface area contributed by atoms with E-state index in [-0.39, 0.29) is 16.6 Å². The summed E-state index contributed by atoms with van der Waals surface area (Å²) in [6.07, 6.45) is 4.42. The minimum Gasteiger partial charge on any atom is -0.507 e. The van der Waals surface area contributed by atoms with Gasteiger partial charge in [0, 0.05) is 29.5 Å². The number of benzene rings is 1. The maximum Gasteiger partial charge on any atom is 0.162 e. The molecule has 1 N–H and O–H groups in total. The zero-order valence-corrected chi connectivity index (χ0v) is 17.0. The van der Waals surface area contributed by atoms with Crippen LogP contribution in [-0.4, -0.2) is 10.9 Å². The van der Waals surface area contributed by atoms with Crippen molar-refractivity contribution < 1.29 is 9.90 Å². The van der Waals surface area contributed by atoms with Gasteiger partial charge in [0.15, 0.2) is 5.78 Å². The monoisotopic (exact) mass is 342 g/mol. The molecule has 0 aliphatic heterocycles. The second-order valence-corrected chi connectivity index (χ2v) is 8.83. The number of aromatic hydroxyl groups is 1. The number of hydrogen-bond donors (Lipinski definition) is 1. The van der Waals surface area contributed by atoms with Crippen LogP contribution in [0.3, 0.4) is 0 Å². The fourth-order valence-corrected chi connectivity index (χ4v) is 2.88. The van der Waals surface area contributed by atoms with Gasteiger partial charge in [0.25, 0.3) is 0 Å². The Kier molecular flexibility index (Phi) is 7.29. The lowest BCUT2D eigenvalue weighted by molar-refractivity contribution is 0.0979. The van der Waals surface area contributed by atoms with E-state index in [0.29, 0.717) is 12.2 Å². The molecule has 1 aromatic rings. The SMILES string of the molecule is CC#CCCCCCC(=O)c1cc(C(C)(C)C)c(O)c(C(C)(C)C)c1. The van der Waals surface area contributed by atoms with Gasteiger partial charge in [-0.3, -0.25) is 4.79 Å². The van der Waals surface area contributed by atoms with E-state index < -0.39 is 0 Å². The summed E-state index contributed by atoms with van der Waals surface area (Å²) in [5, 5.41) is 10.7. The lowest BCUT2D eigenvalue weighted by Crippen LogP contribution is -2.18. The number of carbonyl (C=O) groups is 1. The lowest BCUT2D eigenvalue weighted by Gasteiger charge is -2.28. The zero-order chi connectivity index (χ0) is 19.3. The van der Waals surface area contributed by atoms with Crippen molar-refractivity contribution in [2.45, 2.75) is 91.4 Å². The van der Waals surface area contributed by atoms with E-state index >= 15 is 0 Å². The number of ketones is 1. The first-order valence-corrected chi connectivity index (χ1v) is 9.29. The summed E-state index contributed by atoms with van der Waals surface area (Å²) >= 11 is 0. The number of Topliss-reactive ketones (excluding diaryl/α,β-unsaturated/α-hetero) is 1. The van der Waals surface area contributed by atoms with Crippen molar-refractivity contribution >= 4 is 5.78 Å². The van der Waals surface area contributed by atoms with Gasteiger partial charge in [0.1, 0.15) is 5.75 Å². The van der Waals surface area contributed by atoms with Crippen molar-refractivity contribution in [2.24, 2.45) is 0 Å². The number of rotatable bonds is 6. The predicted molar refractivity (Wildman–Crippen MR) is 106 cm³/mol. The lowest BCUT2D eigenvalue weighted by atomic mass is 9.78. The highest BCUT2D eigenvalue weighted by Crippen LogP contribution is 2.40. The molecule has 0 heterocycles. The number of unbranched alkanes of at least 4 members (excludes halogenated alkanes) is 3. The molecule has 0 radical (unpaired) electrons. The van der Waals surface area contributed by atoms with E-state index in [1.807, 2.05) is 19.1 Å². The molecule has 0 amide bonds. The van der Waals surface area contributed by atoms with Crippen LogP contribution in [0.15, 0.2) is 12.1 Å². The summed E-state index contributed by atoms with van der Waals surface area (Å²) in [7, 11) is 0. The first-order valence-electron chi connectivity index (χ1n) is 9.29. The van der Waals surface area contributed by atoms with Crippen LogP contribution < -0.4 is 0 Å². The Bertz CT molecular complexity index is 623. The molecule has 25 heavy (non-hydrogen) atoms. The molecule has 0 spiro atoms. The van der Waals surface area contributed by atoms with E-state index in [0.717, 1.165) is 42.4 Å². The van der Waals surface area contributed by atoms with Crippen molar-refractivity contribution in [3.8, 4) is 17.6 Å². The molecule has 0 bridgehead atoms. The van der Waals surface area contributed by atoms with Crippen LogP contribution >= 0.6 is 0 Å². The minimum atomic E-state index is -0.209. The average molecular weight is 343 g/mol.